The van der Waals surface area contributed by atoms with Gasteiger partial charge in [0.15, 0.2) is 0 Å². The van der Waals surface area contributed by atoms with Crippen molar-refractivity contribution in [1.82, 2.24) is 10.2 Å². The van der Waals surface area contributed by atoms with E-state index in [0.717, 1.165) is 12.5 Å². The van der Waals surface area contributed by atoms with Crippen molar-refractivity contribution in [2.24, 2.45) is 5.92 Å². The highest BCUT2D eigenvalue weighted by molar-refractivity contribution is 4.63. The second-order valence-corrected chi connectivity index (χ2v) is 5.14. The molecule has 0 amide bonds. The summed E-state index contributed by atoms with van der Waals surface area (Å²) >= 11 is 0. The molecule has 2 heteroatoms. The summed E-state index contributed by atoms with van der Waals surface area (Å²) in [5.74, 6) is 0.749. The van der Waals surface area contributed by atoms with Gasteiger partial charge in [-0.1, -0.05) is 40.5 Å². The maximum absolute atomic E-state index is 3.49. The van der Waals surface area contributed by atoms with Crippen LogP contribution in [0.2, 0.25) is 0 Å². The van der Waals surface area contributed by atoms with Gasteiger partial charge in [-0.05, 0) is 32.5 Å². The van der Waals surface area contributed by atoms with Crippen molar-refractivity contribution in [3.63, 3.8) is 0 Å². The van der Waals surface area contributed by atoms with Crippen molar-refractivity contribution in [1.29, 1.82) is 0 Å². The van der Waals surface area contributed by atoms with Gasteiger partial charge in [-0.25, -0.2) is 0 Å². The number of rotatable bonds is 9. The lowest BCUT2D eigenvalue weighted by molar-refractivity contribution is 0.273. The largest absolute Gasteiger partial charge is 0.314 e. The van der Waals surface area contributed by atoms with E-state index in [4.69, 9.17) is 0 Å². The van der Waals surface area contributed by atoms with Gasteiger partial charge in [0.05, 0.1) is 0 Å². The van der Waals surface area contributed by atoms with E-state index in [-0.39, 0.29) is 0 Å². The minimum atomic E-state index is 0.609. The zero-order valence-electron chi connectivity index (χ0n) is 11.3. The number of hydrogen-bond donors (Lipinski definition) is 1. The van der Waals surface area contributed by atoms with Crippen molar-refractivity contribution >= 4 is 0 Å². The highest BCUT2D eigenvalue weighted by Gasteiger charge is 2.06. The molecular weight excluding hydrogens is 184 g/mol. The van der Waals surface area contributed by atoms with Gasteiger partial charge in [-0.2, -0.15) is 0 Å². The topological polar surface area (TPSA) is 15.3 Å². The van der Waals surface area contributed by atoms with Crippen molar-refractivity contribution in [3.8, 4) is 0 Å². The van der Waals surface area contributed by atoms with Crippen LogP contribution in [0.15, 0.2) is 0 Å². The molecule has 0 radical (unpaired) electrons. The summed E-state index contributed by atoms with van der Waals surface area (Å²) in [7, 11) is 2.24. The van der Waals surface area contributed by atoms with E-state index in [1.54, 1.807) is 0 Å². The van der Waals surface area contributed by atoms with E-state index in [2.05, 4.69) is 45.0 Å². The first-order valence-electron chi connectivity index (χ1n) is 6.48. The first-order chi connectivity index (χ1) is 7.06. The molecule has 1 unspecified atom stereocenters. The Labute approximate surface area is 96.4 Å². The summed E-state index contributed by atoms with van der Waals surface area (Å²) in [5.41, 5.74) is 0. The van der Waals surface area contributed by atoms with Crippen LogP contribution in [0.25, 0.3) is 0 Å². The Morgan fingerprint density at radius 2 is 1.80 bits per heavy atom. The fourth-order valence-electron chi connectivity index (χ4n) is 1.76. The first-order valence-corrected chi connectivity index (χ1v) is 6.48. The van der Waals surface area contributed by atoms with Crippen molar-refractivity contribution in [2.45, 2.75) is 53.0 Å². The number of unbranched alkanes of at least 4 members (excludes halogenated alkanes) is 2. The standard InChI is InChI=1S/C13H30N2/c1-6-7-8-9-15(5)11-13(4)10-14-12(2)3/h12-14H,6-11H2,1-5H3. The maximum atomic E-state index is 3.49. The van der Waals surface area contributed by atoms with Crippen LogP contribution in [0, 0.1) is 5.92 Å². The molecule has 0 aliphatic heterocycles. The van der Waals surface area contributed by atoms with E-state index < -0.39 is 0 Å². The molecule has 0 saturated heterocycles. The molecule has 1 N–H and O–H groups in total. The molecule has 0 aromatic heterocycles. The Kier molecular flexibility index (Phi) is 9.12. The molecule has 0 saturated carbocycles. The van der Waals surface area contributed by atoms with Crippen LogP contribution in [-0.4, -0.2) is 37.6 Å². The van der Waals surface area contributed by atoms with Gasteiger partial charge in [0, 0.05) is 12.6 Å². The minimum Gasteiger partial charge on any atom is -0.314 e. The summed E-state index contributed by atoms with van der Waals surface area (Å²) in [4.78, 5) is 2.46. The van der Waals surface area contributed by atoms with E-state index in [9.17, 15) is 0 Å². The predicted octanol–water partition coefficient (Wildman–Crippen LogP) is 2.74. The molecule has 0 fully saturated rings. The average molecular weight is 214 g/mol. The van der Waals surface area contributed by atoms with E-state index in [1.807, 2.05) is 0 Å². The van der Waals surface area contributed by atoms with Crippen LogP contribution < -0.4 is 5.32 Å². The SMILES string of the molecule is CCCCCN(C)CC(C)CNC(C)C. The van der Waals surface area contributed by atoms with Gasteiger partial charge in [-0.15, -0.1) is 0 Å². The summed E-state index contributed by atoms with van der Waals surface area (Å²) in [5, 5.41) is 3.49. The summed E-state index contributed by atoms with van der Waals surface area (Å²) in [6.45, 7) is 12.6. The van der Waals surface area contributed by atoms with Gasteiger partial charge >= 0.3 is 0 Å². The highest BCUT2D eigenvalue weighted by Crippen LogP contribution is 2.01. The fourth-order valence-corrected chi connectivity index (χ4v) is 1.76. The van der Waals surface area contributed by atoms with Crippen LogP contribution in [0.3, 0.4) is 0 Å². The molecule has 0 aliphatic rings. The fraction of sp³-hybridized carbons (Fsp3) is 1.00. The Hall–Kier alpha value is -0.0800. The summed E-state index contributed by atoms with van der Waals surface area (Å²) < 4.78 is 0. The molecule has 0 spiro atoms. The second kappa shape index (κ2) is 9.17. The van der Waals surface area contributed by atoms with Crippen LogP contribution in [0.5, 0.6) is 0 Å². The number of nitrogens with one attached hydrogen (secondary N) is 1. The first kappa shape index (κ1) is 14.9. The van der Waals surface area contributed by atoms with E-state index >= 15 is 0 Å². The summed E-state index contributed by atoms with van der Waals surface area (Å²) in [6, 6.07) is 0.609. The van der Waals surface area contributed by atoms with Crippen LogP contribution in [0.4, 0.5) is 0 Å². The van der Waals surface area contributed by atoms with Crippen molar-refractivity contribution < 1.29 is 0 Å². The highest BCUT2D eigenvalue weighted by atomic mass is 15.1. The smallest absolute Gasteiger partial charge is 0.00161 e. The molecule has 0 aromatic carbocycles. The van der Waals surface area contributed by atoms with E-state index in [0.29, 0.717) is 6.04 Å². The van der Waals surface area contributed by atoms with Crippen LogP contribution in [-0.2, 0) is 0 Å². The molecular formula is C13H30N2. The van der Waals surface area contributed by atoms with E-state index in [1.165, 1.54) is 32.4 Å². The number of hydrogen-bond acceptors (Lipinski definition) is 2. The molecule has 0 rings (SSSR count). The minimum absolute atomic E-state index is 0.609. The third-order valence-electron chi connectivity index (χ3n) is 2.64. The van der Waals surface area contributed by atoms with Gasteiger partial charge in [0.2, 0.25) is 0 Å². The van der Waals surface area contributed by atoms with Crippen molar-refractivity contribution in [2.75, 3.05) is 26.7 Å². The molecule has 0 aliphatic carbocycles. The number of nitrogens with zero attached hydrogens (tertiary/aromatic N) is 1. The second-order valence-electron chi connectivity index (χ2n) is 5.14. The Morgan fingerprint density at radius 3 is 2.33 bits per heavy atom. The van der Waals surface area contributed by atoms with Gasteiger partial charge < -0.3 is 10.2 Å². The van der Waals surface area contributed by atoms with Crippen LogP contribution >= 0.6 is 0 Å². The Balaban J connectivity index is 3.44. The molecule has 2 nitrogen and oxygen atoms in total. The maximum Gasteiger partial charge on any atom is 0.00161 e. The Bertz CT molecular complexity index is 134. The summed E-state index contributed by atoms with van der Waals surface area (Å²) in [6.07, 6.45) is 4.03. The van der Waals surface area contributed by atoms with Crippen molar-refractivity contribution in [3.05, 3.63) is 0 Å². The molecule has 0 bridgehead atoms. The zero-order valence-corrected chi connectivity index (χ0v) is 11.3. The Morgan fingerprint density at radius 1 is 1.13 bits per heavy atom. The lowest BCUT2D eigenvalue weighted by Gasteiger charge is -2.22. The molecule has 15 heavy (non-hydrogen) atoms. The molecule has 1 atom stereocenters. The molecule has 0 heterocycles. The zero-order chi connectivity index (χ0) is 11.7. The predicted molar refractivity (Wildman–Crippen MR) is 69.3 cm³/mol. The average Bonchev–Trinajstić information content (AvgIpc) is 2.15. The van der Waals surface area contributed by atoms with Gasteiger partial charge in [-0.3, -0.25) is 0 Å². The van der Waals surface area contributed by atoms with Crippen LogP contribution in [0.1, 0.15) is 47.0 Å². The third kappa shape index (κ3) is 10.2. The quantitative estimate of drug-likeness (QED) is 0.594. The normalized spacial score (nSPS) is 13.8. The lowest BCUT2D eigenvalue weighted by atomic mass is 10.1. The van der Waals surface area contributed by atoms with Gasteiger partial charge in [0.1, 0.15) is 0 Å². The lowest BCUT2D eigenvalue weighted by Crippen LogP contribution is -2.34. The monoisotopic (exact) mass is 214 g/mol. The molecule has 92 valence electrons. The molecule has 0 aromatic rings. The third-order valence-corrected chi connectivity index (χ3v) is 2.64. The van der Waals surface area contributed by atoms with Gasteiger partial charge in [0.25, 0.3) is 0 Å².